The highest BCUT2D eigenvalue weighted by molar-refractivity contribution is 7.09. The lowest BCUT2D eigenvalue weighted by atomic mass is 10.2. The molecule has 1 rings (SSSR count). The average Bonchev–Trinajstić information content (AvgIpc) is 2.67. The molecular formula is C10H16N2OS. The van der Waals surface area contributed by atoms with Crippen molar-refractivity contribution in [3.05, 3.63) is 16.6 Å². The third-order valence-corrected chi connectivity index (χ3v) is 2.91. The molecular weight excluding hydrogens is 196 g/mol. The standard InChI is InChI=1S/C10H16N2OS/c1-3-8(2)12-9(13)4-5-10-11-6-7-14-10/h6-8H,3-5H2,1-2H3,(H,12,13). The van der Waals surface area contributed by atoms with E-state index in [2.05, 4.69) is 17.2 Å². The van der Waals surface area contributed by atoms with Gasteiger partial charge in [0.2, 0.25) is 5.91 Å². The van der Waals surface area contributed by atoms with Gasteiger partial charge in [-0.1, -0.05) is 6.92 Å². The molecule has 4 heteroatoms. The maximum atomic E-state index is 11.4. The molecule has 1 heterocycles. The van der Waals surface area contributed by atoms with Crippen LogP contribution in [-0.4, -0.2) is 16.9 Å². The van der Waals surface area contributed by atoms with Crippen molar-refractivity contribution in [1.82, 2.24) is 10.3 Å². The van der Waals surface area contributed by atoms with Gasteiger partial charge in [0.25, 0.3) is 0 Å². The first-order chi connectivity index (χ1) is 6.72. The van der Waals surface area contributed by atoms with Crippen molar-refractivity contribution in [2.45, 2.75) is 39.2 Å². The van der Waals surface area contributed by atoms with Crippen molar-refractivity contribution in [3.8, 4) is 0 Å². The summed E-state index contributed by atoms with van der Waals surface area (Å²) in [6, 6.07) is 0.277. The fourth-order valence-electron chi connectivity index (χ4n) is 1.05. The third kappa shape index (κ3) is 3.87. The van der Waals surface area contributed by atoms with E-state index in [0.29, 0.717) is 6.42 Å². The van der Waals surface area contributed by atoms with Crippen LogP contribution in [0.1, 0.15) is 31.7 Å². The number of aromatic nitrogens is 1. The number of carbonyl (C=O) groups is 1. The van der Waals surface area contributed by atoms with Crippen LogP contribution in [0.2, 0.25) is 0 Å². The number of thiazole rings is 1. The van der Waals surface area contributed by atoms with Crippen LogP contribution in [0.3, 0.4) is 0 Å². The summed E-state index contributed by atoms with van der Waals surface area (Å²) < 4.78 is 0. The first kappa shape index (κ1) is 11.2. The molecule has 1 N–H and O–H groups in total. The van der Waals surface area contributed by atoms with Crippen molar-refractivity contribution in [2.24, 2.45) is 0 Å². The van der Waals surface area contributed by atoms with Crippen molar-refractivity contribution in [1.29, 1.82) is 0 Å². The fourth-order valence-corrected chi connectivity index (χ4v) is 1.67. The zero-order valence-corrected chi connectivity index (χ0v) is 9.43. The largest absolute Gasteiger partial charge is 0.354 e. The SMILES string of the molecule is CCC(C)NC(=O)CCc1nccs1. The molecule has 0 aromatic carbocycles. The molecule has 1 aromatic heterocycles. The van der Waals surface area contributed by atoms with Gasteiger partial charge in [-0.05, 0) is 13.3 Å². The third-order valence-electron chi connectivity index (χ3n) is 2.07. The average molecular weight is 212 g/mol. The molecule has 0 bridgehead atoms. The van der Waals surface area contributed by atoms with Gasteiger partial charge in [-0.25, -0.2) is 4.98 Å². The number of nitrogens with one attached hydrogen (secondary N) is 1. The summed E-state index contributed by atoms with van der Waals surface area (Å²) in [5.74, 6) is 0.120. The van der Waals surface area contributed by atoms with Gasteiger partial charge >= 0.3 is 0 Å². The summed E-state index contributed by atoms with van der Waals surface area (Å²) in [7, 11) is 0. The van der Waals surface area contributed by atoms with Gasteiger partial charge in [-0.2, -0.15) is 0 Å². The number of hydrogen-bond acceptors (Lipinski definition) is 3. The lowest BCUT2D eigenvalue weighted by molar-refractivity contribution is -0.121. The van der Waals surface area contributed by atoms with Gasteiger partial charge in [0, 0.05) is 30.5 Å². The molecule has 1 atom stereocenters. The molecule has 0 fully saturated rings. The van der Waals surface area contributed by atoms with Crippen LogP contribution in [0.15, 0.2) is 11.6 Å². The number of amides is 1. The number of rotatable bonds is 5. The van der Waals surface area contributed by atoms with Crippen molar-refractivity contribution in [3.63, 3.8) is 0 Å². The van der Waals surface area contributed by atoms with Gasteiger partial charge < -0.3 is 5.32 Å². The molecule has 0 spiro atoms. The van der Waals surface area contributed by atoms with E-state index in [0.717, 1.165) is 17.8 Å². The van der Waals surface area contributed by atoms with Crippen LogP contribution in [0, 0.1) is 0 Å². The highest BCUT2D eigenvalue weighted by Crippen LogP contribution is 2.06. The molecule has 14 heavy (non-hydrogen) atoms. The summed E-state index contributed by atoms with van der Waals surface area (Å²) in [4.78, 5) is 15.5. The van der Waals surface area contributed by atoms with Crippen LogP contribution in [0.4, 0.5) is 0 Å². The van der Waals surface area contributed by atoms with Gasteiger partial charge in [-0.3, -0.25) is 4.79 Å². The molecule has 0 aliphatic carbocycles. The number of nitrogens with zero attached hydrogens (tertiary/aromatic N) is 1. The summed E-state index contributed by atoms with van der Waals surface area (Å²) in [5.41, 5.74) is 0. The Hall–Kier alpha value is -0.900. The van der Waals surface area contributed by atoms with E-state index < -0.39 is 0 Å². The molecule has 0 aliphatic heterocycles. The second kappa shape index (κ2) is 5.75. The predicted molar refractivity (Wildman–Crippen MR) is 58.3 cm³/mol. The molecule has 3 nitrogen and oxygen atoms in total. The smallest absolute Gasteiger partial charge is 0.220 e. The fraction of sp³-hybridized carbons (Fsp3) is 0.600. The van der Waals surface area contributed by atoms with Crippen LogP contribution >= 0.6 is 11.3 Å². The van der Waals surface area contributed by atoms with Gasteiger partial charge in [0.05, 0.1) is 5.01 Å². The maximum Gasteiger partial charge on any atom is 0.220 e. The first-order valence-corrected chi connectivity index (χ1v) is 5.78. The van der Waals surface area contributed by atoms with E-state index in [1.807, 2.05) is 12.3 Å². The quantitative estimate of drug-likeness (QED) is 0.811. The second-order valence-corrected chi connectivity index (χ2v) is 4.28. The summed E-state index contributed by atoms with van der Waals surface area (Å²) in [6.07, 6.45) is 4.04. The van der Waals surface area contributed by atoms with E-state index in [9.17, 15) is 4.79 Å². The monoisotopic (exact) mass is 212 g/mol. The summed E-state index contributed by atoms with van der Waals surface area (Å²) in [5, 5.41) is 5.89. The van der Waals surface area contributed by atoms with E-state index >= 15 is 0 Å². The van der Waals surface area contributed by atoms with E-state index in [1.165, 1.54) is 0 Å². The number of hydrogen-bond donors (Lipinski definition) is 1. The van der Waals surface area contributed by atoms with Gasteiger partial charge in [0.15, 0.2) is 0 Å². The van der Waals surface area contributed by atoms with Crippen molar-refractivity contribution in [2.75, 3.05) is 0 Å². The highest BCUT2D eigenvalue weighted by Gasteiger charge is 2.06. The zero-order valence-electron chi connectivity index (χ0n) is 8.62. The maximum absolute atomic E-state index is 11.4. The minimum atomic E-state index is 0.120. The Morgan fingerprint density at radius 3 is 3.07 bits per heavy atom. The molecule has 1 unspecified atom stereocenters. The topological polar surface area (TPSA) is 42.0 Å². The Balaban J connectivity index is 2.22. The van der Waals surface area contributed by atoms with Crippen molar-refractivity contribution < 1.29 is 4.79 Å². The Kier molecular flexibility index (Phi) is 4.59. The molecule has 0 radical (unpaired) electrons. The Labute approximate surface area is 88.6 Å². The Bertz CT molecular complexity index is 272. The van der Waals surface area contributed by atoms with E-state index in [4.69, 9.17) is 0 Å². The minimum absolute atomic E-state index is 0.120. The first-order valence-electron chi connectivity index (χ1n) is 4.90. The van der Waals surface area contributed by atoms with Crippen LogP contribution in [0.25, 0.3) is 0 Å². The van der Waals surface area contributed by atoms with E-state index in [1.54, 1.807) is 17.5 Å². The van der Waals surface area contributed by atoms with E-state index in [-0.39, 0.29) is 11.9 Å². The number of carbonyl (C=O) groups excluding carboxylic acids is 1. The normalized spacial score (nSPS) is 12.4. The lowest BCUT2D eigenvalue weighted by Gasteiger charge is -2.10. The molecule has 0 aliphatic rings. The number of aryl methyl sites for hydroxylation is 1. The van der Waals surface area contributed by atoms with Gasteiger partial charge in [0.1, 0.15) is 0 Å². The highest BCUT2D eigenvalue weighted by atomic mass is 32.1. The lowest BCUT2D eigenvalue weighted by Crippen LogP contribution is -2.31. The molecule has 1 amide bonds. The van der Waals surface area contributed by atoms with Crippen LogP contribution < -0.4 is 5.32 Å². The Morgan fingerprint density at radius 2 is 2.50 bits per heavy atom. The van der Waals surface area contributed by atoms with Crippen molar-refractivity contribution >= 4 is 17.2 Å². The van der Waals surface area contributed by atoms with Crippen LogP contribution in [0.5, 0.6) is 0 Å². The molecule has 0 saturated heterocycles. The second-order valence-electron chi connectivity index (χ2n) is 3.30. The van der Waals surface area contributed by atoms with Gasteiger partial charge in [-0.15, -0.1) is 11.3 Å². The molecule has 1 aromatic rings. The Morgan fingerprint density at radius 1 is 1.71 bits per heavy atom. The summed E-state index contributed by atoms with van der Waals surface area (Å²) in [6.45, 7) is 4.08. The molecule has 78 valence electrons. The predicted octanol–water partition coefficient (Wildman–Crippen LogP) is 1.99. The summed E-state index contributed by atoms with van der Waals surface area (Å²) >= 11 is 1.60. The molecule has 0 saturated carbocycles. The minimum Gasteiger partial charge on any atom is -0.354 e. The zero-order chi connectivity index (χ0) is 10.4. The van der Waals surface area contributed by atoms with Crippen LogP contribution in [-0.2, 0) is 11.2 Å².